The quantitative estimate of drug-likeness (QED) is 0.581. The van der Waals surface area contributed by atoms with E-state index < -0.39 is 18.1 Å². The number of carbonyl (C=O) groups excluding carboxylic acids is 3. The van der Waals surface area contributed by atoms with Gasteiger partial charge in [0.1, 0.15) is 12.6 Å². The molecule has 0 fully saturated rings. The van der Waals surface area contributed by atoms with Crippen LogP contribution in [0.5, 0.6) is 0 Å². The zero-order valence-electron chi connectivity index (χ0n) is 18.3. The topological polar surface area (TPSA) is 84.9 Å². The lowest BCUT2D eigenvalue weighted by Gasteiger charge is -2.27. The van der Waals surface area contributed by atoms with Crippen molar-refractivity contribution in [3.8, 4) is 0 Å². The first kappa shape index (κ1) is 23.8. The maximum absolute atomic E-state index is 13.4. The Labute approximate surface area is 192 Å². The molecule has 1 amide bonds. The van der Waals surface area contributed by atoms with Crippen molar-refractivity contribution in [1.82, 2.24) is 5.32 Å². The van der Waals surface area contributed by atoms with Crippen LogP contribution in [0.2, 0.25) is 0 Å². The van der Waals surface area contributed by atoms with Crippen molar-refractivity contribution < 1.29 is 23.9 Å². The van der Waals surface area contributed by atoms with Gasteiger partial charge in [-0.2, -0.15) is 0 Å². The lowest BCUT2D eigenvalue weighted by molar-refractivity contribution is -0.146. The standard InChI is InChI=1S/C24H28N2O5S/c1-3-31-24(29)18(14-13-17-9-5-4-6-10-17)25-19-16-32-21-12-8-7-11-20(21)26(23(19)28)15-22(27)30-2/h4-12,18-19,25H,3,13-16H2,1-2H3/t18?,19-/m0/s1. The van der Waals surface area contributed by atoms with Crippen LogP contribution in [0.3, 0.4) is 0 Å². The number of fused-ring (bicyclic) bond motifs is 1. The lowest BCUT2D eigenvalue weighted by Crippen LogP contribution is -2.54. The third-order valence-corrected chi connectivity index (χ3v) is 6.33. The Bertz CT molecular complexity index is 937. The number of aryl methyl sites for hydroxylation is 1. The molecular formula is C24H28N2O5S. The number of amides is 1. The highest BCUT2D eigenvalue weighted by Crippen LogP contribution is 2.34. The number of para-hydroxylation sites is 1. The molecule has 3 rings (SSSR count). The zero-order valence-corrected chi connectivity index (χ0v) is 19.1. The Morgan fingerprint density at radius 3 is 2.59 bits per heavy atom. The van der Waals surface area contributed by atoms with E-state index in [0.29, 0.717) is 24.3 Å². The third-order valence-electron chi connectivity index (χ3n) is 5.18. The first-order chi connectivity index (χ1) is 15.5. The lowest BCUT2D eigenvalue weighted by atomic mass is 10.0. The van der Waals surface area contributed by atoms with E-state index in [1.54, 1.807) is 6.92 Å². The minimum absolute atomic E-state index is 0.195. The Morgan fingerprint density at radius 1 is 1.16 bits per heavy atom. The molecule has 1 aliphatic rings. The second-order valence-electron chi connectivity index (χ2n) is 7.33. The summed E-state index contributed by atoms with van der Waals surface area (Å²) in [5.74, 6) is -0.747. The number of esters is 2. The maximum atomic E-state index is 13.4. The normalized spacial score (nSPS) is 16.6. The van der Waals surface area contributed by atoms with Crippen molar-refractivity contribution in [2.24, 2.45) is 0 Å². The Kier molecular flexibility index (Phi) is 8.70. The number of rotatable bonds is 9. The molecule has 1 unspecified atom stereocenters. The van der Waals surface area contributed by atoms with Gasteiger partial charge in [-0.05, 0) is 37.5 Å². The molecule has 0 aliphatic carbocycles. The molecule has 7 nitrogen and oxygen atoms in total. The minimum atomic E-state index is -0.665. The molecule has 0 radical (unpaired) electrons. The number of thioether (sulfide) groups is 1. The SMILES string of the molecule is CCOC(=O)C(CCc1ccccc1)N[C@H]1CSc2ccccc2N(CC(=O)OC)C1=O. The number of ether oxygens (including phenoxy) is 2. The van der Waals surface area contributed by atoms with Gasteiger partial charge in [-0.3, -0.25) is 24.6 Å². The molecule has 2 aromatic rings. The molecule has 0 saturated heterocycles. The summed E-state index contributed by atoms with van der Waals surface area (Å²) in [6, 6.07) is 16.0. The number of nitrogens with zero attached hydrogens (tertiary/aromatic N) is 1. The summed E-state index contributed by atoms with van der Waals surface area (Å²) in [4.78, 5) is 40.4. The first-order valence-electron chi connectivity index (χ1n) is 10.6. The smallest absolute Gasteiger partial charge is 0.325 e. The maximum Gasteiger partial charge on any atom is 0.325 e. The number of methoxy groups -OCH3 is 1. The fraction of sp³-hybridized carbons (Fsp3) is 0.375. The average molecular weight is 457 g/mol. The molecule has 1 aliphatic heterocycles. The third kappa shape index (κ3) is 6.11. The van der Waals surface area contributed by atoms with Crippen LogP contribution in [0.1, 0.15) is 18.9 Å². The van der Waals surface area contributed by atoms with Gasteiger partial charge in [0.2, 0.25) is 5.91 Å². The summed E-state index contributed by atoms with van der Waals surface area (Å²) in [6.07, 6.45) is 1.15. The second-order valence-corrected chi connectivity index (χ2v) is 8.39. The number of nitrogens with one attached hydrogen (secondary N) is 1. The molecule has 1 heterocycles. The van der Waals surface area contributed by atoms with E-state index >= 15 is 0 Å². The Hall–Kier alpha value is -2.84. The van der Waals surface area contributed by atoms with Gasteiger partial charge in [-0.15, -0.1) is 11.8 Å². The van der Waals surface area contributed by atoms with Gasteiger partial charge in [0.25, 0.3) is 0 Å². The Morgan fingerprint density at radius 2 is 1.88 bits per heavy atom. The van der Waals surface area contributed by atoms with Crippen LogP contribution in [-0.4, -0.2) is 55.9 Å². The van der Waals surface area contributed by atoms with E-state index in [0.717, 1.165) is 10.5 Å². The summed E-state index contributed by atoms with van der Waals surface area (Å²) < 4.78 is 10.1. The van der Waals surface area contributed by atoms with Crippen molar-refractivity contribution in [3.05, 3.63) is 60.2 Å². The van der Waals surface area contributed by atoms with Crippen LogP contribution < -0.4 is 10.2 Å². The molecule has 8 heteroatoms. The summed E-state index contributed by atoms with van der Waals surface area (Å²) in [6.45, 7) is 1.82. The molecule has 0 aromatic heterocycles. The van der Waals surface area contributed by atoms with Crippen LogP contribution in [0.25, 0.3) is 0 Å². The van der Waals surface area contributed by atoms with E-state index in [4.69, 9.17) is 9.47 Å². The fourth-order valence-corrected chi connectivity index (χ4v) is 4.63. The highest BCUT2D eigenvalue weighted by Gasteiger charge is 2.35. The van der Waals surface area contributed by atoms with E-state index in [-0.39, 0.29) is 25.0 Å². The molecule has 0 spiro atoms. The van der Waals surface area contributed by atoms with E-state index in [1.165, 1.54) is 23.8 Å². The van der Waals surface area contributed by atoms with Crippen LogP contribution >= 0.6 is 11.8 Å². The van der Waals surface area contributed by atoms with Crippen LogP contribution in [0.4, 0.5) is 5.69 Å². The molecule has 0 bridgehead atoms. The number of hydrogen-bond donors (Lipinski definition) is 1. The minimum Gasteiger partial charge on any atom is -0.468 e. The molecule has 0 saturated carbocycles. The van der Waals surface area contributed by atoms with Gasteiger partial charge in [-0.1, -0.05) is 42.5 Å². The zero-order chi connectivity index (χ0) is 22.9. The summed E-state index contributed by atoms with van der Waals surface area (Å²) in [7, 11) is 1.29. The monoisotopic (exact) mass is 456 g/mol. The van der Waals surface area contributed by atoms with Gasteiger partial charge in [0.15, 0.2) is 0 Å². The van der Waals surface area contributed by atoms with E-state index in [1.807, 2.05) is 54.6 Å². The van der Waals surface area contributed by atoms with Crippen molar-refractivity contribution in [2.75, 3.05) is 30.9 Å². The fourth-order valence-electron chi connectivity index (χ4n) is 3.54. The molecule has 2 aromatic carbocycles. The average Bonchev–Trinajstić information content (AvgIpc) is 2.94. The molecular weight excluding hydrogens is 428 g/mol. The predicted octanol–water partition coefficient (Wildman–Crippen LogP) is 2.82. The highest BCUT2D eigenvalue weighted by atomic mass is 32.2. The summed E-state index contributed by atoms with van der Waals surface area (Å²) in [5.41, 5.74) is 1.76. The molecule has 2 atom stereocenters. The number of carbonyl (C=O) groups is 3. The van der Waals surface area contributed by atoms with Crippen molar-refractivity contribution >= 4 is 35.3 Å². The highest BCUT2D eigenvalue weighted by molar-refractivity contribution is 7.99. The van der Waals surface area contributed by atoms with Crippen molar-refractivity contribution in [2.45, 2.75) is 36.7 Å². The molecule has 170 valence electrons. The van der Waals surface area contributed by atoms with Gasteiger partial charge < -0.3 is 9.47 Å². The molecule has 32 heavy (non-hydrogen) atoms. The first-order valence-corrected chi connectivity index (χ1v) is 11.6. The van der Waals surface area contributed by atoms with Gasteiger partial charge in [0.05, 0.1) is 25.4 Å². The van der Waals surface area contributed by atoms with Crippen LogP contribution in [-0.2, 0) is 30.3 Å². The summed E-state index contributed by atoms with van der Waals surface area (Å²) in [5, 5.41) is 3.22. The van der Waals surface area contributed by atoms with Crippen molar-refractivity contribution in [3.63, 3.8) is 0 Å². The van der Waals surface area contributed by atoms with Gasteiger partial charge in [0, 0.05) is 10.6 Å². The largest absolute Gasteiger partial charge is 0.468 e. The Balaban J connectivity index is 1.80. The van der Waals surface area contributed by atoms with Gasteiger partial charge in [-0.25, -0.2) is 0 Å². The van der Waals surface area contributed by atoms with E-state index in [2.05, 4.69) is 5.32 Å². The predicted molar refractivity (Wildman–Crippen MR) is 124 cm³/mol. The van der Waals surface area contributed by atoms with Crippen molar-refractivity contribution in [1.29, 1.82) is 0 Å². The molecule has 1 N–H and O–H groups in total. The number of anilines is 1. The van der Waals surface area contributed by atoms with Gasteiger partial charge >= 0.3 is 11.9 Å². The summed E-state index contributed by atoms with van der Waals surface area (Å²) >= 11 is 1.51. The van der Waals surface area contributed by atoms with E-state index in [9.17, 15) is 14.4 Å². The number of hydrogen-bond acceptors (Lipinski definition) is 7. The van der Waals surface area contributed by atoms with Crippen LogP contribution in [0, 0.1) is 0 Å². The number of benzene rings is 2. The second kappa shape index (κ2) is 11.7. The van der Waals surface area contributed by atoms with Crippen LogP contribution in [0.15, 0.2) is 59.5 Å².